The van der Waals surface area contributed by atoms with Crippen LogP contribution < -0.4 is 0 Å². The highest BCUT2D eigenvalue weighted by Gasteiger charge is 2.54. The van der Waals surface area contributed by atoms with Crippen molar-refractivity contribution in [1.82, 2.24) is 4.90 Å². The summed E-state index contributed by atoms with van der Waals surface area (Å²) in [4.78, 5) is 49.7. The summed E-state index contributed by atoms with van der Waals surface area (Å²) in [7, 11) is 0. The maximum atomic E-state index is 12.7. The molecule has 152 valence electrons. The zero-order valence-corrected chi connectivity index (χ0v) is 16.7. The number of ether oxygens (including phenoxy) is 2. The quantitative estimate of drug-likeness (QED) is 0.295. The van der Waals surface area contributed by atoms with Crippen molar-refractivity contribution in [3.05, 3.63) is 30.3 Å². The summed E-state index contributed by atoms with van der Waals surface area (Å²) < 4.78 is 9.29. The van der Waals surface area contributed by atoms with Gasteiger partial charge in [0, 0.05) is 17.7 Å². The van der Waals surface area contributed by atoms with Crippen LogP contribution in [0.15, 0.2) is 35.2 Å². The molecule has 0 aliphatic carbocycles. The lowest BCUT2D eigenvalue weighted by Gasteiger charge is -2.50. The summed E-state index contributed by atoms with van der Waals surface area (Å²) in [6.07, 6.45) is -0.956. The third kappa shape index (κ3) is 5.32. The first kappa shape index (κ1) is 21.9. The number of carbonyl (C=O) groups excluding carboxylic acids is 4. The van der Waals surface area contributed by atoms with E-state index in [1.165, 1.54) is 18.7 Å². The minimum absolute atomic E-state index is 0.173. The van der Waals surface area contributed by atoms with E-state index >= 15 is 0 Å². The van der Waals surface area contributed by atoms with Crippen molar-refractivity contribution < 1.29 is 33.8 Å². The highest BCUT2D eigenvalue weighted by Crippen LogP contribution is 2.37. The third-order valence-electron chi connectivity index (χ3n) is 4.44. The first-order valence-electron chi connectivity index (χ1n) is 8.76. The number of benzene rings is 1. The van der Waals surface area contributed by atoms with Gasteiger partial charge in [-0.05, 0) is 19.1 Å². The zero-order chi connectivity index (χ0) is 20.8. The van der Waals surface area contributed by atoms with Crippen LogP contribution in [0.3, 0.4) is 0 Å². The van der Waals surface area contributed by atoms with Gasteiger partial charge in [0.25, 0.3) is 0 Å². The molecule has 0 radical (unpaired) electrons. The number of carbonyl (C=O) groups is 4. The van der Waals surface area contributed by atoms with Crippen molar-refractivity contribution in [3.8, 4) is 0 Å². The maximum Gasteiger partial charge on any atom is 0.328 e. The van der Waals surface area contributed by atoms with Gasteiger partial charge in [-0.3, -0.25) is 19.2 Å². The summed E-state index contributed by atoms with van der Waals surface area (Å²) in [6.45, 7) is 3.39. The number of amides is 1. The third-order valence-corrected chi connectivity index (χ3v) is 5.52. The van der Waals surface area contributed by atoms with Crippen LogP contribution in [0.1, 0.15) is 20.8 Å². The summed E-state index contributed by atoms with van der Waals surface area (Å²) in [5.74, 6) is -3.16. The molecular formula is C19H23NO7S. The predicted octanol–water partition coefficient (Wildman–Crippen LogP) is 1.21. The molecule has 1 aromatic rings. The van der Waals surface area contributed by atoms with Crippen LogP contribution in [0.5, 0.6) is 0 Å². The molecule has 0 spiro atoms. The van der Waals surface area contributed by atoms with Gasteiger partial charge in [0.15, 0.2) is 5.12 Å². The monoisotopic (exact) mass is 409 g/mol. The minimum Gasteiger partial charge on any atom is -0.428 e. The molecule has 1 aliphatic rings. The number of β-lactam (4-membered cyclic amide) rings is 1. The molecular weight excluding hydrogens is 386 g/mol. The molecule has 1 fully saturated rings. The summed E-state index contributed by atoms with van der Waals surface area (Å²) in [5.41, 5.74) is 0. The van der Waals surface area contributed by atoms with E-state index in [9.17, 15) is 24.3 Å². The number of aliphatic hydroxyl groups excluding tert-OH is 1. The van der Waals surface area contributed by atoms with Crippen LogP contribution in [-0.4, -0.2) is 58.5 Å². The largest absolute Gasteiger partial charge is 0.428 e. The Balaban J connectivity index is 2.03. The van der Waals surface area contributed by atoms with Gasteiger partial charge in [-0.1, -0.05) is 36.9 Å². The van der Waals surface area contributed by atoms with Gasteiger partial charge in [0.1, 0.15) is 6.54 Å². The number of hydrogen-bond donors (Lipinski definition) is 1. The van der Waals surface area contributed by atoms with Crippen molar-refractivity contribution in [3.63, 3.8) is 0 Å². The molecule has 1 amide bonds. The average Bonchev–Trinajstić information content (AvgIpc) is 2.63. The lowest BCUT2D eigenvalue weighted by Crippen LogP contribution is -2.68. The highest BCUT2D eigenvalue weighted by atomic mass is 32.2. The lowest BCUT2D eigenvalue weighted by molar-refractivity contribution is -0.180. The molecule has 1 aliphatic heterocycles. The van der Waals surface area contributed by atoms with E-state index in [1.54, 1.807) is 19.1 Å². The standard InChI is InChI=1S/C19H23NO7S/c1-11(19(25)28-14-7-5-4-6-8-14)17-16(12(2)21)18(24)20(17)9-15(23)27-10-26-13(3)22/h4-8,11-12,16-17,21H,9-10H2,1-3H3/t11-,12-,16-,17-/m1/s1. The Morgan fingerprint density at radius 1 is 1.18 bits per heavy atom. The molecule has 0 aromatic heterocycles. The Morgan fingerprint density at radius 3 is 2.39 bits per heavy atom. The van der Waals surface area contributed by atoms with Crippen LogP contribution in [0, 0.1) is 11.8 Å². The first-order valence-corrected chi connectivity index (χ1v) is 9.58. The maximum absolute atomic E-state index is 12.7. The molecule has 1 heterocycles. The van der Waals surface area contributed by atoms with E-state index in [1.807, 2.05) is 18.2 Å². The van der Waals surface area contributed by atoms with E-state index in [-0.39, 0.29) is 11.7 Å². The molecule has 1 N–H and O–H groups in total. The number of esters is 2. The second-order valence-corrected chi connectivity index (χ2v) is 7.59. The van der Waals surface area contributed by atoms with Crippen LogP contribution in [0.2, 0.25) is 0 Å². The number of hydrogen-bond acceptors (Lipinski definition) is 8. The van der Waals surface area contributed by atoms with Gasteiger partial charge in [-0.2, -0.15) is 0 Å². The van der Waals surface area contributed by atoms with Gasteiger partial charge >= 0.3 is 11.9 Å². The number of likely N-dealkylation sites (tertiary alicyclic amines) is 1. The van der Waals surface area contributed by atoms with Gasteiger partial charge in [-0.25, -0.2) is 0 Å². The molecule has 9 heteroatoms. The molecule has 8 nitrogen and oxygen atoms in total. The van der Waals surface area contributed by atoms with E-state index < -0.39 is 48.6 Å². The summed E-state index contributed by atoms with van der Waals surface area (Å²) in [6, 6.07) is 8.45. The van der Waals surface area contributed by atoms with E-state index in [0.717, 1.165) is 16.7 Å². The van der Waals surface area contributed by atoms with Crippen LogP contribution in [0.25, 0.3) is 0 Å². The Bertz CT molecular complexity index is 737. The van der Waals surface area contributed by atoms with Crippen LogP contribution >= 0.6 is 11.8 Å². The highest BCUT2D eigenvalue weighted by molar-refractivity contribution is 8.13. The molecule has 2 rings (SSSR count). The fraction of sp³-hybridized carbons (Fsp3) is 0.474. The lowest BCUT2D eigenvalue weighted by atomic mass is 9.77. The second kappa shape index (κ2) is 9.70. The van der Waals surface area contributed by atoms with Crippen molar-refractivity contribution in [2.45, 2.75) is 37.8 Å². The van der Waals surface area contributed by atoms with Crippen molar-refractivity contribution >= 4 is 34.7 Å². The molecule has 1 saturated heterocycles. The van der Waals surface area contributed by atoms with Crippen LogP contribution in [0.4, 0.5) is 0 Å². The number of rotatable bonds is 8. The second-order valence-electron chi connectivity index (χ2n) is 6.52. The predicted molar refractivity (Wildman–Crippen MR) is 99.9 cm³/mol. The fourth-order valence-corrected chi connectivity index (χ4v) is 3.90. The SMILES string of the molecule is CC(=O)OCOC(=O)CN1C(=O)[C@H]([C@@H](C)O)[C@H]1[C@@H](C)C(=O)Sc1ccccc1. The smallest absolute Gasteiger partial charge is 0.328 e. The molecule has 1 aromatic carbocycles. The van der Waals surface area contributed by atoms with E-state index in [2.05, 4.69) is 4.74 Å². The fourth-order valence-electron chi connectivity index (χ4n) is 3.05. The first-order chi connectivity index (χ1) is 13.2. The number of thioether (sulfide) groups is 1. The van der Waals surface area contributed by atoms with Crippen molar-refractivity contribution in [1.29, 1.82) is 0 Å². The summed E-state index contributed by atoms with van der Waals surface area (Å²) in [5, 5.41) is 9.78. The Kier molecular flexibility index (Phi) is 7.59. The molecule has 0 saturated carbocycles. The van der Waals surface area contributed by atoms with Crippen molar-refractivity contribution in [2.75, 3.05) is 13.3 Å². The van der Waals surface area contributed by atoms with Gasteiger partial charge < -0.3 is 19.5 Å². The minimum atomic E-state index is -0.956. The van der Waals surface area contributed by atoms with E-state index in [0.29, 0.717) is 0 Å². The van der Waals surface area contributed by atoms with E-state index in [4.69, 9.17) is 4.74 Å². The number of nitrogens with zero attached hydrogens (tertiary/aromatic N) is 1. The van der Waals surface area contributed by atoms with Crippen molar-refractivity contribution in [2.24, 2.45) is 11.8 Å². The van der Waals surface area contributed by atoms with Gasteiger partial charge in [0.05, 0.1) is 18.1 Å². The Morgan fingerprint density at radius 2 is 1.82 bits per heavy atom. The molecule has 4 atom stereocenters. The van der Waals surface area contributed by atoms with Gasteiger partial charge in [0.2, 0.25) is 12.7 Å². The number of aliphatic hydroxyl groups is 1. The summed E-state index contributed by atoms with van der Waals surface area (Å²) >= 11 is 1.05. The average molecular weight is 409 g/mol. The Hall–Kier alpha value is -2.39. The topological polar surface area (TPSA) is 110 Å². The van der Waals surface area contributed by atoms with Crippen LogP contribution in [-0.2, 0) is 28.7 Å². The zero-order valence-electron chi connectivity index (χ0n) is 15.9. The molecule has 28 heavy (non-hydrogen) atoms. The molecule has 0 unspecified atom stereocenters. The Labute approximate surface area is 167 Å². The molecule has 0 bridgehead atoms. The normalized spacial score (nSPS) is 20.7. The van der Waals surface area contributed by atoms with Gasteiger partial charge in [-0.15, -0.1) is 0 Å².